The lowest BCUT2D eigenvalue weighted by molar-refractivity contribution is -0.984. The van der Waals surface area contributed by atoms with Gasteiger partial charge in [-0.2, -0.15) is 0 Å². The molecule has 3 fully saturated rings. The summed E-state index contributed by atoms with van der Waals surface area (Å²) in [5.41, 5.74) is 3.19. The Labute approximate surface area is 196 Å². The van der Waals surface area contributed by atoms with Crippen LogP contribution in [0.25, 0.3) is 10.9 Å². The number of fused-ring (bicyclic) bond motifs is 4. The summed E-state index contributed by atoms with van der Waals surface area (Å²) in [6.07, 6.45) is 5.65. The van der Waals surface area contributed by atoms with Crippen molar-refractivity contribution in [3.8, 4) is 5.75 Å². The summed E-state index contributed by atoms with van der Waals surface area (Å²) >= 11 is 0. The number of hydrogen-bond acceptors (Lipinski definition) is 3. The Kier molecular flexibility index (Phi) is 6.57. The highest BCUT2D eigenvalue weighted by Gasteiger charge is 2.53. The maximum atomic E-state index is 11.8. The Morgan fingerprint density at radius 1 is 1.22 bits per heavy atom. The predicted molar refractivity (Wildman–Crippen MR) is 124 cm³/mol. The highest BCUT2D eigenvalue weighted by atomic mass is 35.5. The van der Waals surface area contributed by atoms with E-state index in [4.69, 9.17) is 4.74 Å². The standard InChI is InChI=1S/C27H31N2O2.ClH/c1-3-20-18-29(17-19-7-5-4-6-8-19)14-12-21(20)15-26(29)27(30)23-11-13-28-25-10-9-22(31-2)16-24(23)25;/h3-11,13,16,20-21,26-27,30H,1,12,14-15,17-18H2,2H3;1H/q+1;/p-1/t20-,21+,26+,27-,29-;/m1./s1. The molecule has 3 aliphatic rings. The second kappa shape index (κ2) is 9.22. The average Bonchev–Trinajstić information content (AvgIpc) is 2.83. The van der Waals surface area contributed by atoms with Crippen molar-refractivity contribution in [2.75, 3.05) is 20.2 Å². The minimum atomic E-state index is -0.546. The molecule has 168 valence electrons. The molecule has 4 nitrogen and oxygen atoms in total. The Morgan fingerprint density at radius 2 is 2.03 bits per heavy atom. The van der Waals surface area contributed by atoms with Crippen molar-refractivity contribution in [3.05, 3.63) is 84.6 Å². The van der Waals surface area contributed by atoms with Gasteiger partial charge >= 0.3 is 0 Å². The average molecular weight is 451 g/mol. The molecule has 2 bridgehead atoms. The van der Waals surface area contributed by atoms with E-state index in [-0.39, 0.29) is 18.4 Å². The number of aliphatic hydroxyl groups is 1. The fraction of sp³-hybridized carbons (Fsp3) is 0.370. The molecule has 4 heterocycles. The summed E-state index contributed by atoms with van der Waals surface area (Å²) in [5, 5.41) is 12.8. The van der Waals surface area contributed by atoms with Crippen molar-refractivity contribution in [2.45, 2.75) is 31.5 Å². The van der Waals surface area contributed by atoms with E-state index < -0.39 is 6.10 Å². The first-order valence-electron chi connectivity index (χ1n) is 11.3. The van der Waals surface area contributed by atoms with Crippen LogP contribution < -0.4 is 17.1 Å². The zero-order valence-corrected chi connectivity index (χ0v) is 19.3. The highest BCUT2D eigenvalue weighted by Crippen LogP contribution is 2.48. The van der Waals surface area contributed by atoms with Crippen molar-refractivity contribution in [2.24, 2.45) is 11.8 Å². The van der Waals surface area contributed by atoms with Gasteiger partial charge in [-0.25, -0.2) is 0 Å². The molecule has 1 aromatic heterocycles. The van der Waals surface area contributed by atoms with Crippen molar-refractivity contribution in [1.29, 1.82) is 0 Å². The Morgan fingerprint density at radius 3 is 2.78 bits per heavy atom. The van der Waals surface area contributed by atoms with E-state index in [2.05, 4.69) is 48.0 Å². The van der Waals surface area contributed by atoms with Crippen molar-refractivity contribution in [3.63, 3.8) is 0 Å². The largest absolute Gasteiger partial charge is 1.00 e. The van der Waals surface area contributed by atoms with Crippen LogP contribution in [0, 0.1) is 11.8 Å². The number of ether oxygens (including phenoxy) is 1. The monoisotopic (exact) mass is 450 g/mol. The van der Waals surface area contributed by atoms with Gasteiger partial charge < -0.3 is 26.7 Å². The number of rotatable bonds is 6. The third kappa shape index (κ3) is 3.92. The maximum Gasteiger partial charge on any atom is 0.131 e. The fourth-order valence-corrected chi connectivity index (χ4v) is 6.07. The molecule has 3 aliphatic heterocycles. The number of benzene rings is 2. The number of aliphatic hydroxyl groups excluding tert-OH is 1. The van der Waals surface area contributed by atoms with Gasteiger partial charge in [0, 0.05) is 35.9 Å². The molecule has 3 saturated heterocycles. The van der Waals surface area contributed by atoms with Gasteiger partial charge in [0.25, 0.3) is 0 Å². The van der Waals surface area contributed by atoms with Gasteiger partial charge in [0.2, 0.25) is 0 Å². The molecule has 0 spiro atoms. The molecule has 1 N–H and O–H groups in total. The van der Waals surface area contributed by atoms with E-state index in [1.54, 1.807) is 7.11 Å². The molecule has 2 aromatic carbocycles. The van der Waals surface area contributed by atoms with E-state index in [0.29, 0.717) is 11.8 Å². The van der Waals surface area contributed by atoms with Gasteiger partial charge in [-0.05, 0) is 35.7 Å². The molecule has 0 saturated carbocycles. The third-order valence-electron chi connectivity index (χ3n) is 7.68. The van der Waals surface area contributed by atoms with Gasteiger partial charge in [0.1, 0.15) is 24.4 Å². The van der Waals surface area contributed by atoms with Crippen molar-refractivity contribution >= 4 is 10.9 Å². The zero-order valence-electron chi connectivity index (χ0n) is 18.5. The molecule has 3 aromatic rings. The first-order chi connectivity index (χ1) is 15.1. The third-order valence-corrected chi connectivity index (χ3v) is 7.68. The summed E-state index contributed by atoms with van der Waals surface area (Å²) in [6, 6.07) is 18.8. The summed E-state index contributed by atoms with van der Waals surface area (Å²) in [5.74, 6) is 1.92. The molecule has 0 unspecified atom stereocenters. The Hall–Kier alpha value is -2.40. The lowest BCUT2D eigenvalue weighted by atomic mass is 9.71. The Bertz CT molecular complexity index is 1090. The Balaban J connectivity index is 0.00000245. The number of hydrogen-bond donors (Lipinski definition) is 1. The van der Waals surface area contributed by atoms with E-state index in [1.807, 2.05) is 30.5 Å². The van der Waals surface area contributed by atoms with E-state index >= 15 is 0 Å². The topological polar surface area (TPSA) is 42.4 Å². The number of piperidine rings is 3. The maximum absolute atomic E-state index is 11.8. The lowest BCUT2D eigenvalue weighted by Gasteiger charge is -2.58. The lowest BCUT2D eigenvalue weighted by Crippen LogP contribution is -3.00. The van der Waals surface area contributed by atoms with Gasteiger partial charge in [0.15, 0.2) is 0 Å². The van der Waals surface area contributed by atoms with Gasteiger partial charge in [-0.15, -0.1) is 6.58 Å². The SMILES string of the molecule is C=C[C@@H]1C[N@+]2(Cc3ccccc3)CC[C@H]1C[C@H]2[C@H](O)c1ccnc2ccc(OC)cc12.[Cl-]. The van der Waals surface area contributed by atoms with Crippen LogP contribution in [0.1, 0.15) is 30.1 Å². The molecule has 5 atom stereocenters. The first-order valence-corrected chi connectivity index (χ1v) is 11.3. The van der Waals surface area contributed by atoms with Crippen LogP contribution in [-0.2, 0) is 6.54 Å². The zero-order chi connectivity index (χ0) is 21.4. The minimum absolute atomic E-state index is 0. The molecule has 32 heavy (non-hydrogen) atoms. The van der Waals surface area contributed by atoms with Gasteiger partial charge in [0.05, 0.1) is 25.7 Å². The van der Waals surface area contributed by atoms with Crippen LogP contribution in [0.4, 0.5) is 0 Å². The smallest absolute Gasteiger partial charge is 0.131 e. The highest BCUT2D eigenvalue weighted by molar-refractivity contribution is 5.83. The summed E-state index contributed by atoms with van der Waals surface area (Å²) in [7, 11) is 1.68. The fourth-order valence-electron chi connectivity index (χ4n) is 6.07. The first kappa shape index (κ1) is 22.8. The van der Waals surface area contributed by atoms with Crippen LogP contribution in [0.2, 0.25) is 0 Å². The van der Waals surface area contributed by atoms with Crippen LogP contribution in [-0.4, -0.2) is 40.8 Å². The molecule has 0 amide bonds. The molecule has 0 radical (unpaired) electrons. The summed E-state index contributed by atoms with van der Waals surface area (Å²) in [6.45, 7) is 7.25. The van der Waals surface area contributed by atoms with Crippen molar-refractivity contribution < 1.29 is 26.7 Å². The number of halogens is 1. The van der Waals surface area contributed by atoms with Crippen molar-refractivity contribution in [1.82, 2.24) is 4.98 Å². The molecular formula is C27H31ClN2O2. The van der Waals surface area contributed by atoms with Crippen LogP contribution in [0.3, 0.4) is 0 Å². The number of methoxy groups -OCH3 is 1. The number of aromatic nitrogens is 1. The normalized spacial score (nSPS) is 27.5. The van der Waals surface area contributed by atoms with E-state index in [1.165, 1.54) is 12.0 Å². The molecule has 5 heteroatoms. The van der Waals surface area contributed by atoms with Crippen LogP contribution in [0.15, 0.2) is 73.4 Å². The van der Waals surface area contributed by atoms with Crippen LogP contribution >= 0.6 is 0 Å². The minimum Gasteiger partial charge on any atom is -1.00 e. The molecule has 0 aliphatic carbocycles. The number of quaternary nitrogens is 1. The number of nitrogens with zero attached hydrogens (tertiary/aromatic N) is 2. The second-order valence-electron chi connectivity index (χ2n) is 9.25. The summed E-state index contributed by atoms with van der Waals surface area (Å²) in [4.78, 5) is 4.52. The second-order valence-corrected chi connectivity index (χ2v) is 9.25. The van der Waals surface area contributed by atoms with E-state index in [0.717, 1.165) is 52.8 Å². The van der Waals surface area contributed by atoms with Crippen LogP contribution in [0.5, 0.6) is 5.75 Å². The van der Waals surface area contributed by atoms with Gasteiger partial charge in [-0.3, -0.25) is 4.98 Å². The quantitative estimate of drug-likeness (QED) is 0.460. The number of pyridine rings is 1. The summed E-state index contributed by atoms with van der Waals surface area (Å²) < 4.78 is 6.38. The molecular weight excluding hydrogens is 420 g/mol. The van der Waals surface area contributed by atoms with E-state index in [9.17, 15) is 5.11 Å². The molecule has 6 rings (SSSR count). The predicted octanol–water partition coefficient (Wildman–Crippen LogP) is 1.89. The van der Waals surface area contributed by atoms with Gasteiger partial charge in [-0.1, -0.05) is 36.4 Å².